The van der Waals surface area contributed by atoms with Gasteiger partial charge in [-0.3, -0.25) is 9.78 Å². The van der Waals surface area contributed by atoms with E-state index < -0.39 is 0 Å². The van der Waals surface area contributed by atoms with Crippen molar-refractivity contribution in [1.29, 1.82) is 0 Å². The van der Waals surface area contributed by atoms with Gasteiger partial charge in [0, 0.05) is 37.0 Å². The van der Waals surface area contributed by atoms with E-state index in [0.29, 0.717) is 12.1 Å². The van der Waals surface area contributed by atoms with Gasteiger partial charge in [0.25, 0.3) is 5.91 Å². The van der Waals surface area contributed by atoms with Crippen molar-refractivity contribution in [1.82, 2.24) is 9.88 Å². The van der Waals surface area contributed by atoms with Crippen molar-refractivity contribution in [3.63, 3.8) is 0 Å². The van der Waals surface area contributed by atoms with Gasteiger partial charge in [-0.2, -0.15) is 0 Å². The lowest BCUT2D eigenvalue weighted by atomic mass is 9.84. The van der Waals surface area contributed by atoms with Gasteiger partial charge in [-0.25, -0.2) is 0 Å². The Hall–Kier alpha value is -2.16. The molecule has 0 saturated carbocycles. The highest BCUT2D eigenvalue weighted by Crippen LogP contribution is 2.24. The molecule has 20 heavy (non-hydrogen) atoms. The van der Waals surface area contributed by atoms with E-state index in [4.69, 9.17) is 0 Å². The Balaban J connectivity index is 2.11. The second-order valence-corrected chi connectivity index (χ2v) is 5.65. The maximum absolute atomic E-state index is 12.4. The maximum atomic E-state index is 12.4. The number of pyridine rings is 1. The molecule has 0 aliphatic rings. The van der Waals surface area contributed by atoms with Crippen LogP contribution in [0, 0.1) is 0 Å². The second kappa shape index (κ2) is 5.87. The number of aromatic nitrogens is 1. The predicted octanol–water partition coefficient (Wildman–Crippen LogP) is 3.13. The van der Waals surface area contributed by atoms with Crippen molar-refractivity contribution in [3.05, 3.63) is 66.0 Å². The van der Waals surface area contributed by atoms with E-state index in [9.17, 15) is 4.79 Å². The number of carbonyl (C=O) groups excluding carboxylic acids is 1. The van der Waals surface area contributed by atoms with Crippen molar-refractivity contribution in [3.8, 4) is 0 Å². The van der Waals surface area contributed by atoms with E-state index in [-0.39, 0.29) is 11.3 Å². The number of hydrogen-bond acceptors (Lipinski definition) is 2. The predicted molar refractivity (Wildman–Crippen MR) is 80.7 cm³/mol. The number of carbonyl (C=O) groups is 1. The smallest absolute Gasteiger partial charge is 0.253 e. The van der Waals surface area contributed by atoms with Gasteiger partial charge in [0.2, 0.25) is 0 Å². The van der Waals surface area contributed by atoms with Crippen LogP contribution in [0.15, 0.2) is 54.9 Å². The fourth-order valence-electron chi connectivity index (χ4n) is 2.36. The van der Waals surface area contributed by atoms with Crippen molar-refractivity contribution >= 4 is 5.91 Å². The molecule has 3 nitrogen and oxygen atoms in total. The van der Waals surface area contributed by atoms with E-state index in [2.05, 4.69) is 31.0 Å². The zero-order valence-electron chi connectivity index (χ0n) is 12.2. The van der Waals surface area contributed by atoms with E-state index >= 15 is 0 Å². The Labute approximate surface area is 120 Å². The maximum Gasteiger partial charge on any atom is 0.253 e. The summed E-state index contributed by atoms with van der Waals surface area (Å²) in [5.74, 6) is 0.0245. The fraction of sp³-hybridized carbons (Fsp3) is 0.294. The molecule has 0 aliphatic carbocycles. The monoisotopic (exact) mass is 268 g/mol. The molecule has 0 spiro atoms. The Morgan fingerprint density at radius 1 is 1.10 bits per heavy atom. The molecular formula is C17H20N2O. The highest BCUT2D eigenvalue weighted by atomic mass is 16.2. The van der Waals surface area contributed by atoms with Gasteiger partial charge >= 0.3 is 0 Å². The molecule has 0 radical (unpaired) electrons. The second-order valence-electron chi connectivity index (χ2n) is 5.65. The topological polar surface area (TPSA) is 33.2 Å². The Morgan fingerprint density at radius 2 is 1.70 bits per heavy atom. The summed E-state index contributed by atoms with van der Waals surface area (Å²) in [6.07, 6.45) is 3.28. The summed E-state index contributed by atoms with van der Waals surface area (Å²) in [6, 6.07) is 13.8. The van der Waals surface area contributed by atoms with Crippen LogP contribution in [0.1, 0.15) is 29.8 Å². The molecule has 2 aromatic rings. The van der Waals surface area contributed by atoms with Gasteiger partial charge in [-0.15, -0.1) is 0 Å². The van der Waals surface area contributed by atoms with E-state index in [1.54, 1.807) is 29.4 Å². The Morgan fingerprint density at radius 3 is 2.30 bits per heavy atom. The quantitative estimate of drug-likeness (QED) is 0.853. The summed E-state index contributed by atoms with van der Waals surface area (Å²) >= 11 is 0. The molecule has 1 amide bonds. The summed E-state index contributed by atoms with van der Waals surface area (Å²) in [5, 5.41) is 0. The molecule has 3 heteroatoms. The molecule has 0 N–H and O–H groups in total. The normalized spacial score (nSPS) is 11.2. The molecule has 0 atom stereocenters. The molecule has 0 fully saturated rings. The number of amides is 1. The number of likely N-dealkylation sites (N-methyl/N-ethyl adjacent to an activating group) is 1. The van der Waals surface area contributed by atoms with Crippen LogP contribution in [0.5, 0.6) is 0 Å². The van der Waals surface area contributed by atoms with Gasteiger partial charge in [0.05, 0.1) is 0 Å². The minimum Gasteiger partial charge on any atom is -0.341 e. The Bertz CT molecular complexity index is 564. The van der Waals surface area contributed by atoms with E-state index in [1.807, 2.05) is 25.2 Å². The molecule has 0 saturated heterocycles. The summed E-state index contributed by atoms with van der Waals surface area (Å²) in [5.41, 5.74) is 1.82. The van der Waals surface area contributed by atoms with Gasteiger partial charge in [-0.1, -0.05) is 44.2 Å². The zero-order chi connectivity index (χ0) is 14.6. The largest absolute Gasteiger partial charge is 0.341 e. The molecule has 1 aromatic carbocycles. The average molecular weight is 268 g/mol. The first-order valence-electron chi connectivity index (χ1n) is 6.72. The molecule has 1 heterocycles. The summed E-state index contributed by atoms with van der Waals surface area (Å²) in [6.45, 7) is 4.97. The third-order valence-electron chi connectivity index (χ3n) is 3.46. The molecule has 104 valence electrons. The molecule has 0 bridgehead atoms. The molecule has 0 unspecified atom stereocenters. The minimum absolute atomic E-state index is 0.0245. The average Bonchev–Trinajstić information content (AvgIpc) is 2.48. The number of nitrogens with zero attached hydrogens (tertiary/aromatic N) is 2. The molecular weight excluding hydrogens is 248 g/mol. The Kier molecular flexibility index (Phi) is 4.18. The van der Waals surface area contributed by atoms with Gasteiger partial charge < -0.3 is 4.90 Å². The molecule has 2 rings (SSSR count). The van der Waals surface area contributed by atoms with Crippen LogP contribution in [0.3, 0.4) is 0 Å². The van der Waals surface area contributed by atoms with Crippen LogP contribution in [0.25, 0.3) is 0 Å². The molecule has 0 aliphatic heterocycles. The van der Waals surface area contributed by atoms with E-state index in [0.717, 1.165) is 0 Å². The van der Waals surface area contributed by atoms with Crippen LogP contribution in [0.4, 0.5) is 0 Å². The lowest BCUT2D eigenvalue weighted by Gasteiger charge is -2.31. The minimum atomic E-state index is -0.0846. The van der Waals surface area contributed by atoms with Crippen molar-refractivity contribution < 1.29 is 4.79 Å². The third kappa shape index (κ3) is 3.23. The zero-order valence-corrected chi connectivity index (χ0v) is 12.2. The number of hydrogen-bond donors (Lipinski definition) is 0. The lowest BCUT2D eigenvalue weighted by molar-refractivity contribution is 0.0767. The first-order chi connectivity index (χ1) is 9.50. The van der Waals surface area contributed by atoms with Gasteiger partial charge in [-0.05, 0) is 17.7 Å². The fourth-order valence-corrected chi connectivity index (χ4v) is 2.36. The van der Waals surface area contributed by atoms with Crippen molar-refractivity contribution in [2.45, 2.75) is 19.3 Å². The SMILES string of the molecule is CN(CC(C)(C)c1ccccc1)C(=O)c1ccncc1. The third-order valence-corrected chi connectivity index (χ3v) is 3.46. The standard InChI is InChI=1S/C17H20N2O/c1-17(2,15-7-5-4-6-8-15)13-19(3)16(20)14-9-11-18-12-10-14/h4-12H,13H2,1-3H3. The summed E-state index contributed by atoms with van der Waals surface area (Å²) in [4.78, 5) is 18.1. The lowest BCUT2D eigenvalue weighted by Crippen LogP contribution is -2.38. The molecule has 1 aromatic heterocycles. The number of rotatable bonds is 4. The van der Waals surface area contributed by atoms with Crippen LogP contribution in [-0.4, -0.2) is 29.4 Å². The van der Waals surface area contributed by atoms with Crippen LogP contribution >= 0.6 is 0 Å². The first-order valence-corrected chi connectivity index (χ1v) is 6.72. The summed E-state index contributed by atoms with van der Waals surface area (Å²) in [7, 11) is 1.84. The van der Waals surface area contributed by atoms with Crippen LogP contribution in [0.2, 0.25) is 0 Å². The highest BCUT2D eigenvalue weighted by Gasteiger charge is 2.24. The highest BCUT2D eigenvalue weighted by molar-refractivity contribution is 5.93. The summed E-state index contributed by atoms with van der Waals surface area (Å²) < 4.78 is 0. The van der Waals surface area contributed by atoms with Gasteiger partial charge in [0.1, 0.15) is 0 Å². The first kappa shape index (κ1) is 14.3. The van der Waals surface area contributed by atoms with Crippen LogP contribution in [-0.2, 0) is 5.41 Å². The number of benzene rings is 1. The van der Waals surface area contributed by atoms with Gasteiger partial charge in [0.15, 0.2) is 0 Å². The van der Waals surface area contributed by atoms with Crippen molar-refractivity contribution in [2.75, 3.05) is 13.6 Å². The van der Waals surface area contributed by atoms with Crippen molar-refractivity contribution in [2.24, 2.45) is 0 Å². The van der Waals surface area contributed by atoms with E-state index in [1.165, 1.54) is 5.56 Å². The van der Waals surface area contributed by atoms with Crippen LogP contribution < -0.4 is 0 Å².